The third kappa shape index (κ3) is 6.67. The highest BCUT2D eigenvalue weighted by Gasteiger charge is 2.30. The molecule has 14 heteroatoms. The van der Waals surface area contributed by atoms with E-state index in [4.69, 9.17) is 14.5 Å². The Bertz CT molecular complexity index is 2010. The minimum atomic E-state index is -3.89. The number of ether oxygens (including phenoxy) is 2. The Labute approximate surface area is 273 Å². The van der Waals surface area contributed by atoms with E-state index in [0.29, 0.717) is 56.2 Å². The standard InChI is InChI=1S/C33H38N8O5S/c1-4-27-29-30(37-41(27)28-13-9-10-14-34-28)33(42)38(3)31(36-29)26-21-25(47(43,44)40-17-15-39(5-2)16-18-40)22-35-32(26)46-20-19-45-23-24-11-7-6-8-12-24/h6-14,21-22H,4-5,15-20,23H2,1-3H3. The largest absolute Gasteiger partial charge is 0.475 e. The van der Waals surface area contributed by atoms with E-state index >= 15 is 0 Å². The normalized spacial score (nSPS) is 14.5. The van der Waals surface area contributed by atoms with Gasteiger partial charge in [-0.25, -0.2) is 28.1 Å². The number of likely N-dealkylation sites (N-methyl/N-ethyl adjacent to an activating group) is 1. The van der Waals surface area contributed by atoms with Crippen LogP contribution in [0.2, 0.25) is 0 Å². The molecule has 0 unspecified atom stereocenters. The van der Waals surface area contributed by atoms with Crippen molar-refractivity contribution in [1.29, 1.82) is 0 Å². The molecule has 246 valence electrons. The third-order valence-corrected chi connectivity index (χ3v) is 10.1. The number of aromatic nitrogens is 6. The van der Waals surface area contributed by atoms with Gasteiger partial charge in [0.15, 0.2) is 11.3 Å². The van der Waals surface area contributed by atoms with E-state index in [1.165, 1.54) is 21.1 Å². The number of benzene rings is 1. The van der Waals surface area contributed by atoms with E-state index in [1.807, 2.05) is 43.3 Å². The molecule has 6 rings (SSSR count). The minimum absolute atomic E-state index is 0.000585. The van der Waals surface area contributed by atoms with Crippen LogP contribution in [-0.2, 0) is 34.8 Å². The first-order valence-electron chi connectivity index (χ1n) is 15.7. The molecule has 4 aromatic heterocycles. The van der Waals surface area contributed by atoms with E-state index in [1.54, 1.807) is 30.1 Å². The summed E-state index contributed by atoms with van der Waals surface area (Å²) in [4.78, 5) is 29.8. The molecule has 0 amide bonds. The number of pyridine rings is 2. The lowest BCUT2D eigenvalue weighted by Crippen LogP contribution is -2.48. The molecule has 0 spiro atoms. The smallest absolute Gasteiger partial charge is 0.281 e. The molecule has 13 nitrogen and oxygen atoms in total. The summed E-state index contributed by atoms with van der Waals surface area (Å²) in [5, 5.41) is 4.59. The monoisotopic (exact) mass is 658 g/mol. The maximum atomic E-state index is 13.8. The van der Waals surface area contributed by atoms with Crippen molar-refractivity contribution in [3.8, 4) is 23.1 Å². The number of aryl methyl sites for hydroxylation is 1. The summed E-state index contributed by atoms with van der Waals surface area (Å²) in [5.74, 6) is 0.904. The number of nitrogens with zero attached hydrogens (tertiary/aromatic N) is 8. The molecule has 1 aliphatic heterocycles. The summed E-state index contributed by atoms with van der Waals surface area (Å²) in [6.45, 7) is 7.73. The molecule has 5 heterocycles. The van der Waals surface area contributed by atoms with Crippen molar-refractivity contribution < 1.29 is 17.9 Å². The molecule has 1 aromatic carbocycles. The van der Waals surface area contributed by atoms with Crippen LogP contribution in [0.25, 0.3) is 28.2 Å². The first-order chi connectivity index (χ1) is 22.8. The molecular formula is C33H38N8O5S. The van der Waals surface area contributed by atoms with Gasteiger partial charge in [0.2, 0.25) is 15.9 Å². The summed E-state index contributed by atoms with van der Waals surface area (Å²) in [7, 11) is -2.31. The van der Waals surface area contributed by atoms with Gasteiger partial charge in [0.05, 0.1) is 30.7 Å². The topological polar surface area (TPSA) is 138 Å². The first-order valence-corrected chi connectivity index (χ1v) is 17.1. The molecule has 0 bridgehead atoms. The van der Waals surface area contributed by atoms with Crippen LogP contribution in [0.3, 0.4) is 0 Å². The summed E-state index contributed by atoms with van der Waals surface area (Å²) >= 11 is 0. The lowest BCUT2D eigenvalue weighted by Gasteiger charge is -2.33. The van der Waals surface area contributed by atoms with E-state index in [2.05, 4.69) is 26.9 Å². The molecule has 0 saturated carbocycles. The summed E-state index contributed by atoms with van der Waals surface area (Å²) in [6, 6.07) is 16.7. The van der Waals surface area contributed by atoms with Gasteiger partial charge in [0.1, 0.15) is 22.8 Å². The Morgan fingerprint density at radius 1 is 0.915 bits per heavy atom. The molecule has 0 radical (unpaired) electrons. The van der Waals surface area contributed by atoms with Crippen LogP contribution >= 0.6 is 0 Å². The lowest BCUT2D eigenvalue weighted by molar-refractivity contribution is 0.0876. The van der Waals surface area contributed by atoms with Gasteiger partial charge in [-0.15, -0.1) is 0 Å². The van der Waals surface area contributed by atoms with E-state index < -0.39 is 15.6 Å². The van der Waals surface area contributed by atoms with Gasteiger partial charge < -0.3 is 14.4 Å². The van der Waals surface area contributed by atoms with Gasteiger partial charge in [-0.05, 0) is 36.7 Å². The van der Waals surface area contributed by atoms with Crippen molar-refractivity contribution in [2.24, 2.45) is 7.05 Å². The van der Waals surface area contributed by atoms with E-state index in [9.17, 15) is 13.2 Å². The summed E-state index contributed by atoms with van der Waals surface area (Å²) < 4.78 is 44.0. The van der Waals surface area contributed by atoms with Crippen molar-refractivity contribution in [3.05, 3.63) is 88.6 Å². The fraction of sp³-hybridized carbons (Fsp3) is 0.364. The number of piperazine rings is 1. The van der Waals surface area contributed by atoms with Crippen LogP contribution in [0.1, 0.15) is 25.1 Å². The van der Waals surface area contributed by atoms with Crippen LogP contribution in [0.4, 0.5) is 0 Å². The second-order valence-electron chi connectivity index (χ2n) is 11.1. The molecular weight excluding hydrogens is 620 g/mol. The van der Waals surface area contributed by atoms with Gasteiger partial charge in [-0.2, -0.15) is 9.40 Å². The summed E-state index contributed by atoms with van der Waals surface area (Å²) in [5.41, 5.74) is 2.19. The zero-order chi connectivity index (χ0) is 33.0. The highest BCUT2D eigenvalue weighted by Crippen LogP contribution is 2.31. The minimum Gasteiger partial charge on any atom is -0.475 e. The third-order valence-electron chi connectivity index (χ3n) is 8.26. The Kier molecular flexibility index (Phi) is 9.73. The average molecular weight is 659 g/mol. The van der Waals surface area contributed by atoms with Gasteiger partial charge in [0.25, 0.3) is 5.56 Å². The number of fused-ring (bicyclic) bond motifs is 1. The van der Waals surface area contributed by atoms with Crippen LogP contribution in [-0.4, -0.2) is 92.9 Å². The highest BCUT2D eigenvalue weighted by molar-refractivity contribution is 7.89. The Morgan fingerprint density at radius 3 is 2.38 bits per heavy atom. The van der Waals surface area contributed by atoms with Crippen LogP contribution in [0.15, 0.2) is 76.7 Å². The average Bonchev–Trinajstić information content (AvgIpc) is 3.49. The fourth-order valence-corrected chi connectivity index (χ4v) is 7.01. The molecule has 47 heavy (non-hydrogen) atoms. The zero-order valence-electron chi connectivity index (χ0n) is 26.7. The van der Waals surface area contributed by atoms with Crippen molar-refractivity contribution in [2.75, 3.05) is 45.9 Å². The molecule has 5 aromatic rings. The Morgan fingerprint density at radius 2 is 1.68 bits per heavy atom. The highest BCUT2D eigenvalue weighted by atomic mass is 32.2. The Hall–Kier alpha value is -4.50. The zero-order valence-corrected chi connectivity index (χ0v) is 27.6. The molecule has 1 aliphatic rings. The Balaban J connectivity index is 1.39. The van der Waals surface area contributed by atoms with Crippen LogP contribution in [0.5, 0.6) is 5.88 Å². The molecule has 0 N–H and O–H groups in total. The maximum Gasteiger partial charge on any atom is 0.281 e. The first kappa shape index (κ1) is 32.4. The summed E-state index contributed by atoms with van der Waals surface area (Å²) in [6.07, 6.45) is 3.48. The number of hydrogen-bond donors (Lipinski definition) is 0. The predicted molar refractivity (Wildman–Crippen MR) is 177 cm³/mol. The van der Waals surface area contributed by atoms with Crippen molar-refractivity contribution >= 4 is 21.1 Å². The molecule has 1 fully saturated rings. The van der Waals surface area contributed by atoms with Crippen LogP contribution < -0.4 is 10.3 Å². The molecule has 1 saturated heterocycles. The molecule has 0 atom stereocenters. The van der Waals surface area contributed by atoms with Gasteiger partial charge in [-0.1, -0.05) is 50.2 Å². The number of sulfonamides is 1. The van der Waals surface area contributed by atoms with E-state index in [-0.39, 0.29) is 40.9 Å². The van der Waals surface area contributed by atoms with Gasteiger partial charge >= 0.3 is 0 Å². The second kappa shape index (κ2) is 14.1. The van der Waals surface area contributed by atoms with Gasteiger partial charge in [-0.3, -0.25) is 9.36 Å². The van der Waals surface area contributed by atoms with Crippen molar-refractivity contribution in [2.45, 2.75) is 31.8 Å². The van der Waals surface area contributed by atoms with Crippen molar-refractivity contribution in [1.82, 2.24) is 38.5 Å². The van der Waals surface area contributed by atoms with Crippen LogP contribution in [0, 0.1) is 0 Å². The van der Waals surface area contributed by atoms with Crippen molar-refractivity contribution in [3.63, 3.8) is 0 Å². The van der Waals surface area contributed by atoms with E-state index in [0.717, 1.165) is 12.1 Å². The number of rotatable bonds is 12. The van der Waals surface area contributed by atoms with Gasteiger partial charge in [0, 0.05) is 39.4 Å². The molecule has 0 aliphatic carbocycles. The second-order valence-corrected chi connectivity index (χ2v) is 13.1. The maximum absolute atomic E-state index is 13.8. The predicted octanol–water partition coefficient (Wildman–Crippen LogP) is 3.06. The quantitative estimate of drug-likeness (QED) is 0.184. The fourth-order valence-electron chi connectivity index (χ4n) is 5.61. The SMILES string of the molecule is CCc1c2nc(-c3cc(S(=O)(=O)N4CCN(CC)CC4)cnc3OCCOCc3ccccc3)n(C)c(=O)c2nn1-c1ccccn1. The number of hydrogen-bond acceptors (Lipinski definition) is 10. The lowest BCUT2D eigenvalue weighted by atomic mass is 10.2.